The minimum Gasteiger partial charge on any atom is -0.479 e. The monoisotopic (exact) mass is 435 g/mol. The summed E-state index contributed by atoms with van der Waals surface area (Å²) in [6.07, 6.45) is 0.158. The van der Waals surface area contributed by atoms with Crippen LogP contribution in [-0.2, 0) is 16.0 Å². The summed E-state index contributed by atoms with van der Waals surface area (Å²) in [6.45, 7) is -0.110. The molecule has 0 saturated carbocycles. The first kappa shape index (κ1) is 22.4. The second-order valence-corrected chi connectivity index (χ2v) is 6.84. The van der Waals surface area contributed by atoms with Crippen molar-refractivity contribution in [3.05, 3.63) is 95.6 Å². The Kier molecular flexibility index (Phi) is 7.49. The maximum atomic E-state index is 13.7. The number of nitrogens with zero attached hydrogens (tertiary/aromatic N) is 1. The molecule has 0 fully saturated rings. The summed E-state index contributed by atoms with van der Waals surface area (Å²) in [4.78, 5) is 24.9. The van der Waals surface area contributed by atoms with Gasteiger partial charge in [-0.15, -0.1) is 0 Å². The van der Waals surface area contributed by atoms with Crippen molar-refractivity contribution in [2.24, 2.45) is 0 Å². The lowest BCUT2D eigenvalue weighted by Gasteiger charge is -2.19. The summed E-state index contributed by atoms with van der Waals surface area (Å²) >= 11 is 0. The molecule has 0 spiro atoms. The van der Waals surface area contributed by atoms with Gasteiger partial charge in [0.05, 0.1) is 6.04 Å². The molecule has 2 amide bonds. The molecule has 3 aromatic rings. The zero-order chi connectivity index (χ0) is 22.9. The molecule has 0 radical (unpaired) electrons. The van der Waals surface area contributed by atoms with E-state index in [9.17, 15) is 18.4 Å². The van der Waals surface area contributed by atoms with Gasteiger partial charge in [0.15, 0.2) is 6.61 Å². The Morgan fingerprint density at radius 3 is 2.28 bits per heavy atom. The second kappa shape index (κ2) is 10.7. The van der Waals surface area contributed by atoms with Gasteiger partial charge in [-0.2, -0.15) is 5.26 Å². The second-order valence-electron chi connectivity index (χ2n) is 6.84. The Balaban J connectivity index is 1.71. The molecular formula is C24H19F2N3O3. The lowest BCUT2D eigenvalue weighted by Crippen LogP contribution is -2.38. The Bertz CT molecular complexity index is 1140. The van der Waals surface area contributed by atoms with Crippen LogP contribution in [0.5, 0.6) is 5.75 Å². The number of ether oxygens (including phenoxy) is 1. The maximum absolute atomic E-state index is 13.7. The predicted molar refractivity (Wildman–Crippen MR) is 114 cm³/mol. The van der Waals surface area contributed by atoms with E-state index in [4.69, 9.17) is 10.00 Å². The molecule has 0 aliphatic heterocycles. The number of carbonyl (C=O) groups excluding carboxylic acids is 2. The Morgan fingerprint density at radius 1 is 0.938 bits per heavy atom. The van der Waals surface area contributed by atoms with Gasteiger partial charge in [0, 0.05) is 5.69 Å². The van der Waals surface area contributed by atoms with Crippen molar-refractivity contribution < 1.29 is 23.1 Å². The number of benzene rings is 3. The predicted octanol–water partition coefficient (Wildman–Crippen LogP) is 3.91. The summed E-state index contributed by atoms with van der Waals surface area (Å²) in [5, 5.41) is 13.6. The number of carbonyl (C=O) groups is 2. The molecule has 32 heavy (non-hydrogen) atoms. The fraction of sp³-hybridized carbons (Fsp3) is 0.125. The molecule has 0 aromatic heterocycles. The third-order valence-electron chi connectivity index (χ3n) is 4.51. The third kappa shape index (κ3) is 6.37. The highest BCUT2D eigenvalue weighted by Gasteiger charge is 2.21. The van der Waals surface area contributed by atoms with Crippen LogP contribution in [0.2, 0.25) is 0 Å². The molecule has 3 aromatic carbocycles. The summed E-state index contributed by atoms with van der Waals surface area (Å²) in [5.41, 5.74) is 1.37. The number of hydrogen-bond acceptors (Lipinski definition) is 4. The van der Waals surface area contributed by atoms with Gasteiger partial charge in [-0.25, -0.2) is 8.78 Å². The fourth-order valence-electron chi connectivity index (χ4n) is 3.04. The van der Waals surface area contributed by atoms with Crippen molar-refractivity contribution in [1.82, 2.24) is 5.32 Å². The van der Waals surface area contributed by atoms with Gasteiger partial charge in [-0.1, -0.05) is 24.3 Å². The van der Waals surface area contributed by atoms with Crippen LogP contribution in [0.1, 0.15) is 17.2 Å². The van der Waals surface area contributed by atoms with Gasteiger partial charge in [0.1, 0.15) is 23.5 Å². The number of halogens is 2. The van der Waals surface area contributed by atoms with Crippen molar-refractivity contribution in [2.45, 2.75) is 12.5 Å². The van der Waals surface area contributed by atoms with E-state index in [0.29, 0.717) is 22.6 Å². The Labute approximate surface area is 183 Å². The van der Waals surface area contributed by atoms with E-state index in [0.717, 1.165) is 0 Å². The minimum absolute atomic E-state index is 0.110. The maximum Gasteiger partial charge on any atom is 0.313 e. The average molecular weight is 435 g/mol. The van der Waals surface area contributed by atoms with Crippen molar-refractivity contribution >= 4 is 17.5 Å². The normalized spacial score (nSPS) is 11.2. The average Bonchev–Trinajstić information content (AvgIpc) is 2.78. The van der Waals surface area contributed by atoms with Gasteiger partial charge in [-0.05, 0) is 66.1 Å². The van der Waals surface area contributed by atoms with E-state index in [-0.39, 0.29) is 13.0 Å². The van der Waals surface area contributed by atoms with Crippen molar-refractivity contribution in [3.63, 3.8) is 0 Å². The van der Waals surface area contributed by atoms with Crippen LogP contribution in [0.4, 0.5) is 14.5 Å². The smallest absolute Gasteiger partial charge is 0.313 e. The standard InChI is InChI=1S/C24H19F2N3O3/c25-18-5-1-3-16(13-18)14-22(17-4-2-6-19(26)15-17)29-24(31)23(30)28-20-7-9-21(10-8-20)32-12-11-27/h1-10,13,15,22H,12,14H2,(H,28,30)(H,29,31). The van der Waals surface area contributed by atoms with E-state index in [1.807, 2.05) is 6.07 Å². The summed E-state index contributed by atoms with van der Waals surface area (Å²) < 4.78 is 32.5. The molecule has 1 unspecified atom stereocenters. The summed E-state index contributed by atoms with van der Waals surface area (Å²) in [5.74, 6) is -2.34. The van der Waals surface area contributed by atoms with Crippen molar-refractivity contribution in [3.8, 4) is 11.8 Å². The number of nitriles is 1. The molecular weight excluding hydrogens is 416 g/mol. The van der Waals surface area contributed by atoms with Gasteiger partial charge in [0.25, 0.3) is 0 Å². The molecule has 1 atom stereocenters. The lowest BCUT2D eigenvalue weighted by molar-refractivity contribution is -0.136. The lowest BCUT2D eigenvalue weighted by atomic mass is 9.98. The molecule has 0 aliphatic carbocycles. The van der Waals surface area contributed by atoms with Crippen molar-refractivity contribution in [1.29, 1.82) is 5.26 Å². The highest BCUT2D eigenvalue weighted by Crippen LogP contribution is 2.21. The highest BCUT2D eigenvalue weighted by molar-refractivity contribution is 6.39. The van der Waals surface area contributed by atoms with E-state index in [1.165, 1.54) is 48.5 Å². The number of hydrogen-bond donors (Lipinski definition) is 2. The highest BCUT2D eigenvalue weighted by atomic mass is 19.1. The van der Waals surface area contributed by atoms with Crippen LogP contribution in [0, 0.1) is 23.0 Å². The van der Waals surface area contributed by atoms with Crippen LogP contribution in [0.25, 0.3) is 0 Å². The quantitative estimate of drug-likeness (QED) is 0.551. The third-order valence-corrected chi connectivity index (χ3v) is 4.51. The van der Waals surface area contributed by atoms with E-state index in [2.05, 4.69) is 10.6 Å². The molecule has 2 N–H and O–H groups in total. The SMILES string of the molecule is N#CCOc1ccc(NC(=O)C(=O)NC(Cc2cccc(F)c2)c2cccc(F)c2)cc1. The van der Waals surface area contributed by atoms with Crippen LogP contribution in [0.15, 0.2) is 72.8 Å². The first-order valence-corrected chi connectivity index (χ1v) is 9.66. The van der Waals surface area contributed by atoms with Gasteiger partial charge < -0.3 is 15.4 Å². The first-order valence-electron chi connectivity index (χ1n) is 9.66. The van der Waals surface area contributed by atoms with Crippen LogP contribution < -0.4 is 15.4 Å². The molecule has 0 heterocycles. The number of amides is 2. The Hall–Kier alpha value is -4.25. The molecule has 0 bridgehead atoms. The molecule has 162 valence electrons. The molecule has 0 saturated heterocycles. The number of rotatable bonds is 7. The van der Waals surface area contributed by atoms with E-state index in [1.54, 1.807) is 24.3 Å². The number of nitrogens with one attached hydrogen (secondary N) is 2. The molecule has 0 aliphatic rings. The molecule has 3 rings (SSSR count). The van der Waals surface area contributed by atoms with E-state index < -0.39 is 29.5 Å². The largest absolute Gasteiger partial charge is 0.479 e. The van der Waals surface area contributed by atoms with Crippen LogP contribution in [-0.4, -0.2) is 18.4 Å². The van der Waals surface area contributed by atoms with Gasteiger partial charge >= 0.3 is 11.8 Å². The topological polar surface area (TPSA) is 91.2 Å². The first-order chi connectivity index (χ1) is 15.4. The Morgan fingerprint density at radius 2 is 1.62 bits per heavy atom. The molecule has 6 nitrogen and oxygen atoms in total. The zero-order valence-electron chi connectivity index (χ0n) is 16.8. The van der Waals surface area contributed by atoms with E-state index >= 15 is 0 Å². The van der Waals surface area contributed by atoms with Crippen LogP contribution >= 0.6 is 0 Å². The summed E-state index contributed by atoms with van der Waals surface area (Å²) in [7, 11) is 0. The van der Waals surface area contributed by atoms with Gasteiger partial charge in [0.2, 0.25) is 0 Å². The summed E-state index contributed by atoms with van der Waals surface area (Å²) in [6, 6.07) is 18.7. The number of anilines is 1. The molecule has 8 heteroatoms. The van der Waals surface area contributed by atoms with Crippen molar-refractivity contribution in [2.75, 3.05) is 11.9 Å². The van der Waals surface area contributed by atoms with Gasteiger partial charge in [-0.3, -0.25) is 9.59 Å². The van der Waals surface area contributed by atoms with Crippen LogP contribution in [0.3, 0.4) is 0 Å². The minimum atomic E-state index is -0.930. The zero-order valence-corrected chi connectivity index (χ0v) is 16.8. The fourth-order valence-corrected chi connectivity index (χ4v) is 3.04.